The van der Waals surface area contributed by atoms with Crippen molar-refractivity contribution >= 4 is 17.6 Å². The average Bonchev–Trinajstić information content (AvgIpc) is 2.56. The fourth-order valence-electron chi connectivity index (χ4n) is 1.63. The van der Waals surface area contributed by atoms with Crippen LogP contribution in [-0.4, -0.2) is 28.5 Å². The van der Waals surface area contributed by atoms with Crippen molar-refractivity contribution in [2.24, 2.45) is 15.9 Å². The molecule has 24 heavy (non-hydrogen) atoms. The van der Waals surface area contributed by atoms with Gasteiger partial charge in [0, 0.05) is 12.5 Å². The first-order chi connectivity index (χ1) is 11.4. The fraction of sp³-hybridized carbons (Fsp3) is 0.200. The minimum atomic E-state index is -2.96. The molecule has 2 rings (SSSR count). The van der Waals surface area contributed by atoms with Gasteiger partial charge >= 0.3 is 6.01 Å². The first-order valence-electron chi connectivity index (χ1n) is 6.78. The van der Waals surface area contributed by atoms with Crippen LogP contribution in [0.15, 0.2) is 46.8 Å². The molecule has 0 saturated carbocycles. The summed E-state index contributed by atoms with van der Waals surface area (Å²) < 4.78 is 44.4. The van der Waals surface area contributed by atoms with Crippen molar-refractivity contribution in [3.8, 4) is 6.01 Å². The van der Waals surface area contributed by atoms with Crippen LogP contribution in [0.1, 0.15) is 12.5 Å². The predicted octanol–water partition coefficient (Wildman–Crippen LogP) is 2.82. The monoisotopic (exact) mass is 337 g/mol. The second-order valence-corrected chi connectivity index (χ2v) is 4.79. The van der Waals surface area contributed by atoms with E-state index in [1.807, 2.05) is 0 Å². The summed E-state index contributed by atoms with van der Waals surface area (Å²) in [5.74, 6) is 1.67. The summed E-state index contributed by atoms with van der Waals surface area (Å²) in [5.41, 5.74) is 0.379. The molecule has 0 spiro atoms. The molecule has 1 heterocycles. The quantitative estimate of drug-likeness (QED) is 0.499. The number of rotatable bonds is 6. The Hall–Kier alpha value is -2.97. The third kappa shape index (κ3) is 5.04. The molecule has 0 atom stereocenters. The Morgan fingerprint density at radius 2 is 2.04 bits per heavy atom. The van der Waals surface area contributed by atoms with Gasteiger partial charge in [-0.15, -0.1) is 0 Å². The molecule has 0 aliphatic rings. The van der Waals surface area contributed by atoms with E-state index in [4.69, 9.17) is 10.6 Å². The molecule has 9 heteroatoms. The van der Waals surface area contributed by atoms with E-state index in [0.717, 1.165) is 19.3 Å². The summed E-state index contributed by atoms with van der Waals surface area (Å²) >= 11 is 0. The van der Waals surface area contributed by atoms with Gasteiger partial charge in [0.1, 0.15) is 12.3 Å². The maximum absolute atomic E-state index is 13.3. The molecule has 0 fully saturated rings. The van der Waals surface area contributed by atoms with Gasteiger partial charge in [0.25, 0.3) is 5.92 Å². The van der Waals surface area contributed by atoms with Crippen LogP contribution in [0, 0.1) is 5.82 Å². The molecule has 0 radical (unpaired) electrons. The van der Waals surface area contributed by atoms with Gasteiger partial charge in [-0.3, -0.25) is 4.99 Å². The van der Waals surface area contributed by atoms with Crippen molar-refractivity contribution in [1.29, 1.82) is 0 Å². The number of nitrogens with zero attached hydrogens (tertiary/aromatic N) is 4. The molecule has 0 saturated heterocycles. The number of hydrazone groups is 1. The molecule has 2 N–H and O–H groups in total. The van der Waals surface area contributed by atoms with Crippen LogP contribution in [0.4, 0.5) is 18.9 Å². The molecule has 6 nitrogen and oxygen atoms in total. The van der Waals surface area contributed by atoms with Crippen molar-refractivity contribution < 1.29 is 17.9 Å². The van der Waals surface area contributed by atoms with E-state index < -0.39 is 11.7 Å². The zero-order valence-corrected chi connectivity index (χ0v) is 12.7. The Balaban J connectivity index is 2.02. The highest BCUT2D eigenvalue weighted by Crippen LogP contribution is 2.29. The van der Waals surface area contributed by atoms with Gasteiger partial charge in [0.15, 0.2) is 5.82 Å². The normalized spacial score (nSPS) is 12.6. The lowest BCUT2D eigenvalue weighted by Gasteiger charge is -2.10. The van der Waals surface area contributed by atoms with Gasteiger partial charge in [-0.25, -0.2) is 23.1 Å². The zero-order valence-electron chi connectivity index (χ0n) is 12.7. The van der Waals surface area contributed by atoms with Crippen molar-refractivity contribution in [3.05, 3.63) is 48.0 Å². The average molecular weight is 337 g/mol. The van der Waals surface area contributed by atoms with Crippen molar-refractivity contribution in [1.82, 2.24) is 9.97 Å². The second kappa shape index (κ2) is 7.53. The zero-order chi connectivity index (χ0) is 17.6. The van der Waals surface area contributed by atoms with Crippen molar-refractivity contribution in [2.75, 3.05) is 6.61 Å². The third-order valence-corrected chi connectivity index (χ3v) is 2.83. The van der Waals surface area contributed by atoms with Crippen molar-refractivity contribution in [2.45, 2.75) is 12.8 Å². The second-order valence-electron chi connectivity index (χ2n) is 4.79. The van der Waals surface area contributed by atoms with E-state index in [1.54, 1.807) is 6.07 Å². The summed E-state index contributed by atoms with van der Waals surface area (Å²) in [4.78, 5) is 11.2. The van der Waals surface area contributed by atoms with Crippen LogP contribution >= 0.6 is 0 Å². The summed E-state index contributed by atoms with van der Waals surface area (Å²) in [6.07, 6.45) is 3.18. The number of aliphatic imine (C=N–C) groups is 1. The highest BCUT2D eigenvalue weighted by molar-refractivity contribution is 6.31. The minimum absolute atomic E-state index is 0.0569. The number of aromatic nitrogens is 2. The first-order valence-corrected chi connectivity index (χ1v) is 6.78. The lowest BCUT2D eigenvalue weighted by molar-refractivity contribution is 0.0175. The van der Waals surface area contributed by atoms with Gasteiger partial charge in [-0.2, -0.15) is 5.10 Å². The molecule has 126 valence electrons. The lowest BCUT2D eigenvalue weighted by atomic mass is 10.1. The summed E-state index contributed by atoms with van der Waals surface area (Å²) in [6, 6.07) is 5.55. The number of nitrogens with two attached hydrogens (primary N) is 1. The maximum atomic E-state index is 13.3. The van der Waals surface area contributed by atoms with E-state index in [0.29, 0.717) is 5.69 Å². The topological polar surface area (TPSA) is 85.8 Å². The molecule has 0 unspecified atom stereocenters. The van der Waals surface area contributed by atoms with Gasteiger partial charge < -0.3 is 10.6 Å². The molecule has 1 aromatic carbocycles. The Bertz CT molecular complexity index is 742. The Labute approximate surface area is 135 Å². The number of benzene rings is 1. The SMILES string of the molecule is CC(F)(F)c1cccc(N=CC(COc2ncc(F)cn2)=NN)c1. The maximum Gasteiger partial charge on any atom is 0.316 e. The van der Waals surface area contributed by atoms with E-state index in [2.05, 4.69) is 20.1 Å². The number of hydrogen-bond donors (Lipinski definition) is 1. The molecule has 0 aliphatic heterocycles. The molecule has 1 aromatic heterocycles. The van der Waals surface area contributed by atoms with E-state index in [9.17, 15) is 13.2 Å². The van der Waals surface area contributed by atoms with Crippen LogP contribution in [0.25, 0.3) is 0 Å². The summed E-state index contributed by atoms with van der Waals surface area (Å²) in [5, 5.41) is 3.47. The van der Waals surface area contributed by atoms with Gasteiger partial charge in [-0.1, -0.05) is 12.1 Å². The number of hydrogen-bond acceptors (Lipinski definition) is 6. The largest absolute Gasteiger partial charge is 0.457 e. The van der Waals surface area contributed by atoms with Crippen LogP contribution in [0.2, 0.25) is 0 Å². The summed E-state index contributed by atoms with van der Waals surface area (Å²) in [7, 11) is 0. The van der Waals surface area contributed by atoms with Crippen molar-refractivity contribution in [3.63, 3.8) is 0 Å². The number of alkyl halides is 2. The van der Waals surface area contributed by atoms with Crippen LogP contribution in [0.5, 0.6) is 6.01 Å². The van der Waals surface area contributed by atoms with Crippen LogP contribution in [-0.2, 0) is 5.92 Å². The smallest absolute Gasteiger partial charge is 0.316 e. The highest BCUT2D eigenvalue weighted by atomic mass is 19.3. The molecule has 0 aliphatic carbocycles. The summed E-state index contributed by atoms with van der Waals surface area (Å²) in [6.45, 7) is 0.689. The number of halogens is 3. The highest BCUT2D eigenvalue weighted by Gasteiger charge is 2.23. The van der Waals surface area contributed by atoms with Crippen LogP contribution in [0.3, 0.4) is 0 Å². The van der Waals surface area contributed by atoms with Gasteiger partial charge in [0.2, 0.25) is 0 Å². The van der Waals surface area contributed by atoms with Crippen LogP contribution < -0.4 is 10.6 Å². The Morgan fingerprint density at radius 3 is 2.67 bits per heavy atom. The lowest BCUT2D eigenvalue weighted by Crippen LogP contribution is -2.16. The number of ether oxygens (including phenoxy) is 1. The molecule has 0 amide bonds. The Kier molecular flexibility index (Phi) is 5.46. The van der Waals surface area contributed by atoms with Gasteiger partial charge in [-0.05, 0) is 12.1 Å². The molecule has 2 aromatic rings. The fourth-order valence-corrected chi connectivity index (χ4v) is 1.63. The Morgan fingerprint density at radius 1 is 1.33 bits per heavy atom. The minimum Gasteiger partial charge on any atom is -0.457 e. The van der Waals surface area contributed by atoms with E-state index >= 15 is 0 Å². The molecular weight excluding hydrogens is 323 g/mol. The third-order valence-electron chi connectivity index (χ3n) is 2.83. The van der Waals surface area contributed by atoms with E-state index in [1.165, 1.54) is 24.4 Å². The predicted molar refractivity (Wildman–Crippen MR) is 83.3 cm³/mol. The molecular formula is C15H14F3N5O. The standard InChI is InChI=1S/C15H14F3N5O/c1-15(17,18)10-3-2-4-12(5-10)20-8-13(23-19)9-24-14-21-6-11(16)7-22-14/h2-8H,9,19H2,1H3. The van der Waals surface area contributed by atoms with E-state index in [-0.39, 0.29) is 23.9 Å². The van der Waals surface area contributed by atoms with Gasteiger partial charge in [0.05, 0.1) is 24.3 Å². The molecule has 0 bridgehead atoms. The first kappa shape index (κ1) is 17.4.